The molecule has 0 heterocycles. The third-order valence-corrected chi connectivity index (χ3v) is 2.40. The summed E-state index contributed by atoms with van der Waals surface area (Å²) >= 11 is 0. The Kier molecular flexibility index (Phi) is 3.61. The Morgan fingerprint density at radius 2 is 2.00 bits per heavy atom. The minimum absolute atomic E-state index is 0.00472. The molecule has 1 aromatic carbocycles. The Morgan fingerprint density at radius 3 is 2.43 bits per heavy atom. The zero-order valence-corrected chi connectivity index (χ0v) is 8.84. The highest BCUT2D eigenvalue weighted by Gasteiger charge is 2.14. The molecule has 0 aromatic heterocycles. The molecule has 0 saturated heterocycles. The van der Waals surface area contributed by atoms with E-state index in [1.54, 1.807) is 19.1 Å². The quantitative estimate of drug-likeness (QED) is 0.575. The number of benzene rings is 1. The van der Waals surface area contributed by atoms with Gasteiger partial charge in [0.1, 0.15) is 5.82 Å². The van der Waals surface area contributed by atoms with Crippen LogP contribution in [0.15, 0.2) is 18.2 Å². The first-order chi connectivity index (χ1) is 6.56. The largest absolute Gasteiger partial charge is 0.271 e. The second-order valence-electron chi connectivity index (χ2n) is 3.90. The summed E-state index contributed by atoms with van der Waals surface area (Å²) < 4.78 is 13.3. The van der Waals surface area contributed by atoms with Gasteiger partial charge in [-0.1, -0.05) is 26.0 Å². The molecule has 0 aliphatic carbocycles. The van der Waals surface area contributed by atoms with E-state index >= 15 is 0 Å². The Balaban J connectivity index is 3.00. The van der Waals surface area contributed by atoms with Crippen molar-refractivity contribution < 1.29 is 4.39 Å². The normalized spacial score (nSPS) is 13.3. The minimum atomic E-state index is -0.177. The van der Waals surface area contributed by atoms with Gasteiger partial charge in [0.05, 0.1) is 0 Å². The van der Waals surface area contributed by atoms with Crippen LogP contribution in [0, 0.1) is 18.7 Å². The van der Waals surface area contributed by atoms with Crippen LogP contribution in [0.4, 0.5) is 4.39 Å². The molecule has 0 saturated carbocycles. The van der Waals surface area contributed by atoms with E-state index in [1.807, 2.05) is 19.9 Å². The van der Waals surface area contributed by atoms with Crippen molar-refractivity contribution in [3.05, 3.63) is 35.1 Å². The summed E-state index contributed by atoms with van der Waals surface area (Å²) in [5.41, 5.74) is 4.25. The van der Waals surface area contributed by atoms with Crippen molar-refractivity contribution in [1.82, 2.24) is 5.43 Å². The van der Waals surface area contributed by atoms with Gasteiger partial charge in [0.25, 0.3) is 0 Å². The number of nitrogens with two attached hydrogens (primary N) is 1. The first-order valence-electron chi connectivity index (χ1n) is 4.78. The average Bonchev–Trinajstić information content (AvgIpc) is 2.11. The van der Waals surface area contributed by atoms with E-state index in [-0.39, 0.29) is 11.9 Å². The Hall–Kier alpha value is -0.930. The van der Waals surface area contributed by atoms with Gasteiger partial charge in [-0.15, -0.1) is 0 Å². The molecule has 78 valence electrons. The second-order valence-corrected chi connectivity index (χ2v) is 3.90. The standard InChI is InChI=1S/C11H17FN2/c1-7(2)11(14-13)9-5-4-8(3)10(12)6-9/h4-7,11,14H,13H2,1-3H3. The number of aryl methyl sites for hydroxylation is 1. The number of halogens is 1. The lowest BCUT2D eigenvalue weighted by Gasteiger charge is -2.20. The number of hydrazine groups is 1. The van der Waals surface area contributed by atoms with Gasteiger partial charge in [-0.05, 0) is 30.0 Å². The van der Waals surface area contributed by atoms with Crippen LogP contribution in [-0.4, -0.2) is 0 Å². The molecule has 0 spiro atoms. The fourth-order valence-corrected chi connectivity index (χ4v) is 1.48. The molecule has 1 unspecified atom stereocenters. The maximum absolute atomic E-state index is 13.3. The van der Waals surface area contributed by atoms with Crippen LogP contribution < -0.4 is 11.3 Å². The van der Waals surface area contributed by atoms with E-state index in [1.165, 1.54) is 0 Å². The lowest BCUT2D eigenvalue weighted by atomic mass is 9.96. The van der Waals surface area contributed by atoms with E-state index in [0.717, 1.165) is 5.56 Å². The van der Waals surface area contributed by atoms with Gasteiger partial charge in [-0.3, -0.25) is 11.3 Å². The number of hydrogen-bond acceptors (Lipinski definition) is 2. The maximum atomic E-state index is 13.3. The lowest BCUT2D eigenvalue weighted by Crippen LogP contribution is -2.31. The van der Waals surface area contributed by atoms with Crippen molar-refractivity contribution in [2.24, 2.45) is 11.8 Å². The smallest absolute Gasteiger partial charge is 0.126 e. The molecule has 14 heavy (non-hydrogen) atoms. The van der Waals surface area contributed by atoms with Crippen molar-refractivity contribution in [3.8, 4) is 0 Å². The summed E-state index contributed by atoms with van der Waals surface area (Å²) in [4.78, 5) is 0. The molecule has 0 radical (unpaired) electrons. The maximum Gasteiger partial charge on any atom is 0.126 e. The second kappa shape index (κ2) is 4.53. The zero-order valence-electron chi connectivity index (χ0n) is 8.84. The van der Waals surface area contributed by atoms with Crippen LogP contribution in [0.3, 0.4) is 0 Å². The predicted octanol–water partition coefficient (Wildman–Crippen LogP) is 2.29. The molecular weight excluding hydrogens is 179 g/mol. The monoisotopic (exact) mass is 196 g/mol. The van der Waals surface area contributed by atoms with Crippen molar-refractivity contribution in [3.63, 3.8) is 0 Å². The molecule has 0 aliphatic rings. The topological polar surface area (TPSA) is 38.0 Å². The SMILES string of the molecule is Cc1ccc(C(NN)C(C)C)cc1F. The fourth-order valence-electron chi connectivity index (χ4n) is 1.48. The van der Waals surface area contributed by atoms with Crippen molar-refractivity contribution in [2.45, 2.75) is 26.8 Å². The summed E-state index contributed by atoms with van der Waals surface area (Å²) in [7, 11) is 0. The van der Waals surface area contributed by atoms with Gasteiger partial charge in [0, 0.05) is 6.04 Å². The zero-order chi connectivity index (χ0) is 10.7. The molecule has 1 rings (SSSR count). The van der Waals surface area contributed by atoms with E-state index in [4.69, 9.17) is 5.84 Å². The number of nitrogens with one attached hydrogen (secondary N) is 1. The van der Waals surface area contributed by atoms with Crippen molar-refractivity contribution in [2.75, 3.05) is 0 Å². The van der Waals surface area contributed by atoms with Crippen LogP contribution in [-0.2, 0) is 0 Å². The van der Waals surface area contributed by atoms with Gasteiger partial charge in [0.15, 0.2) is 0 Å². The highest BCUT2D eigenvalue weighted by atomic mass is 19.1. The van der Waals surface area contributed by atoms with Crippen LogP contribution >= 0.6 is 0 Å². The lowest BCUT2D eigenvalue weighted by molar-refractivity contribution is 0.419. The number of hydrogen-bond donors (Lipinski definition) is 2. The van der Waals surface area contributed by atoms with Gasteiger partial charge in [0.2, 0.25) is 0 Å². The molecule has 0 aliphatic heterocycles. The molecule has 3 heteroatoms. The molecule has 1 aromatic rings. The van der Waals surface area contributed by atoms with E-state index in [9.17, 15) is 4.39 Å². The summed E-state index contributed by atoms with van der Waals surface area (Å²) in [5.74, 6) is 5.58. The molecule has 0 fully saturated rings. The fraction of sp³-hybridized carbons (Fsp3) is 0.455. The number of rotatable bonds is 3. The predicted molar refractivity (Wildman–Crippen MR) is 56.0 cm³/mol. The van der Waals surface area contributed by atoms with Gasteiger partial charge in [-0.2, -0.15) is 0 Å². The minimum Gasteiger partial charge on any atom is -0.271 e. The first-order valence-corrected chi connectivity index (χ1v) is 4.78. The molecule has 3 N–H and O–H groups in total. The van der Waals surface area contributed by atoms with Gasteiger partial charge in [-0.25, -0.2) is 4.39 Å². The Morgan fingerprint density at radius 1 is 1.36 bits per heavy atom. The summed E-state index contributed by atoms with van der Waals surface area (Å²) in [6.07, 6.45) is 0. The van der Waals surface area contributed by atoms with Gasteiger partial charge >= 0.3 is 0 Å². The van der Waals surface area contributed by atoms with Gasteiger partial charge < -0.3 is 0 Å². The third-order valence-electron chi connectivity index (χ3n) is 2.40. The van der Waals surface area contributed by atoms with Crippen LogP contribution in [0.1, 0.15) is 31.0 Å². The first kappa shape index (κ1) is 11.1. The molecule has 1 atom stereocenters. The van der Waals surface area contributed by atoms with Crippen LogP contribution in [0.2, 0.25) is 0 Å². The van der Waals surface area contributed by atoms with E-state index in [2.05, 4.69) is 5.43 Å². The van der Waals surface area contributed by atoms with Crippen molar-refractivity contribution >= 4 is 0 Å². The van der Waals surface area contributed by atoms with Crippen molar-refractivity contribution in [1.29, 1.82) is 0 Å². The Bertz CT molecular complexity index is 310. The highest BCUT2D eigenvalue weighted by molar-refractivity contribution is 5.26. The summed E-state index contributed by atoms with van der Waals surface area (Å²) in [6.45, 7) is 5.84. The van der Waals surface area contributed by atoms with Crippen LogP contribution in [0.25, 0.3) is 0 Å². The average molecular weight is 196 g/mol. The summed E-state index contributed by atoms with van der Waals surface area (Å²) in [5, 5.41) is 0. The molecule has 0 amide bonds. The van der Waals surface area contributed by atoms with Crippen LogP contribution in [0.5, 0.6) is 0 Å². The Labute approximate surface area is 84.3 Å². The van der Waals surface area contributed by atoms with E-state index in [0.29, 0.717) is 11.5 Å². The molecule has 2 nitrogen and oxygen atoms in total. The molecule has 0 bridgehead atoms. The highest BCUT2D eigenvalue weighted by Crippen LogP contribution is 2.22. The summed E-state index contributed by atoms with van der Waals surface area (Å²) in [6, 6.07) is 5.23. The molecular formula is C11H17FN2. The van der Waals surface area contributed by atoms with E-state index < -0.39 is 0 Å². The third kappa shape index (κ3) is 2.30.